The van der Waals surface area contributed by atoms with Crippen molar-refractivity contribution in [1.29, 1.82) is 0 Å². The largest absolute Gasteiger partial charge is 0.355 e. The molecular formula is C25H33ClN2O2. The van der Waals surface area contributed by atoms with Crippen LogP contribution in [-0.4, -0.2) is 29.3 Å². The number of carbonyl (C=O) groups is 2. The predicted molar refractivity (Wildman–Crippen MR) is 124 cm³/mol. The molecule has 2 aromatic carbocycles. The maximum Gasteiger partial charge on any atom is 0.242 e. The molecule has 0 aliphatic rings. The van der Waals surface area contributed by atoms with Crippen LogP contribution in [0.25, 0.3) is 0 Å². The van der Waals surface area contributed by atoms with Gasteiger partial charge in [-0.05, 0) is 48.4 Å². The molecule has 0 heterocycles. The lowest BCUT2D eigenvalue weighted by molar-refractivity contribution is -0.141. The monoisotopic (exact) mass is 428 g/mol. The van der Waals surface area contributed by atoms with Crippen molar-refractivity contribution in [2.75, 3.05) is 6.54 Å². The first kappa shape index (κ1) is 23.9. The molecule has 4 nitrogen and oxygen atoms in total. The highest BCUT2D eigenvalue weighted by Crippen LogP contribution is 2.21. The Labute approximate surface area is 185 Å². The van der Waals surface area contributed by atoms with Crippen molar-refractivity contribution in [3.05, 3.63) is 70.2 Å². The molecule has 0 saturated carbocycles. The molecule has 30 heavy (non-hydrogen) atoms. The molecule has 2 rings (SSSR count). The Balaban J connectivity index is 2.18. The van der Waals surface area contributed by atoms with Gasteiger partial charge in [0.15, 0.2) is 0 Å². The van der Waals surface area contributed by atoms with Crippen LogP contribution in [0.4, 0.5) is 0 Å². The molecule has 2 aromatic rings. The zero-order chi connectivity index (χ0) is 22.1. The summed E-state index contributed by atoms with van der Waals surface area (Å²) in [5.74, 6) is 0.317. The lowest BCUT2D eigenvalue weighted by Crippen LogP contribution is -2.49. The smallest absolute Gasteiger partial charge is 0.242 e. The maximum absolute atomic E-state index is 13.2. The third-order valence-corrected chi connectivity index (χ3v) is 5.68. The fourth-order valence-corrected chi connectivity index (χ4v) is 3.68. The van der Waals surface area contributed by atoms with Gasteiger partial charge < -0.3 is 10.2 Å². The first-order chi connectivity index (χ1) is 14.4. The van der Waals surface area contributed by atoms with Gasteiger partial charge in [-0.2, -0.15) is 0 Å². The molecule has 1 N–H and O–H groups in total. The number of amides is 2. The summed E-state index contributed by atoms with van der Waals surface area (Å²) in [6.45, 7) is 8.99. The van der Waals surface area contributed by atoms with Gasteiger partial charge in [-0.1, -0.05) is 74.8 Å². The number of nitrogens with one attached hydrogen (secondary N) is 1. The summed E-state index contributed by atoms with van der Waals surface area (Å²) in [5, 5.41) is 3.46. The topological polar surface area (TPSA) is 49.4 Å². The van der Waals surface area contributed by atoms with E-state index in [1.54, 1.807) is 4.90 Å². The van der Waals surface area contributed by atoms with Crippen LogP contribution >= 0.6 is 11.6 Å². The van der Waals surface area contributed by atoms with E-state index in [1.807, 2.05) is 38.1 Å². The second-order valence-corrected chi connectivity index (χ2v) is 8.24. The van der Waals surface area contributed by atoms with E-state index in [-0.39, 0.29) is 11.8 Å². The second-order valence-electron chi connectivity index (χ2n) is 7.83. The normalized spacial score (nSPS) is 11.9. The molecule has 0 aromatic heterocycles. The Morgan fingerprint density at radius 1 is 1.03 bits per heavy atom. The summed E-state index contributed by atoms with van der Waals surface area (Å²) in [4.78, 5) is 27.5. The van der Waals surface area contributed by atoms with E-state index in [0.717, 1.165) is 11.1 Å². The van der Waals surface area contributed by atoms with Crippen molar-refractivity contribution in [1.82, 2.24) is 10.2 Å². The quantitative estimate of drug-likeness (QED) is 0.555. The van der Waals surface area contributed by atoms with Crippen LogP contribution in [0.5, 0.6) is 0 Å². The lowest BCUT2D eigenvalue weighted by Gasteiger charge is -2.31. The van der Waals surface area contributed by atoms with Crippen LogP contribution in [-0.2, 0) is 22.6 Å². The van der Waals surface area contributed by atoms with Crippen LogP contribution in [0.2, 0.25) is 5.02 Å². The van der Waals surface area contributed by atoms with E-state index in [4.69, 9.17) is 11.6 Å². The Kier molecular flexibility index (Phi) is 9.38. The van der Waals surface area contributed by atoms with Crippen molar-refractivity contribution >= 4 is 23.4 Å². The SMILES string of the molecule is CCNC(=O)[C@H](CC)N(Cc1ccccc1Cl)C(=O)CCc1ccc(C(C)C)cc1. The number of likely N-dealkylation sites (N-methyl/N-ethyl adjacent to an activating group) is 1. The molecule has 0 spiro atoms. The molecule has 0 bridgehead atoms. The van der Waals surface area contributed by atoms with Gasteiger partial charge in [-0.15, -0.1) is 0 Å². The van der Waals surface area contributed by atoms with Gasteiger partial charge >= 0.3 is 0 Å². The van der Waals surface area contributed by atoms with Gasteiger partial charge in [0, 0.05) is 24.5 Å². The first-order valence-corrected chi connectivity index (χ1v) is 11.1. The Morgan fingerprint density at radius 2 is 1.70 bits per heavy atom. The average molecular weight is 429 g/mol. The third kappa shape index (κ3) is 6.60. The summed E-state index contributed by atoms with van der Waals surface area (Å²) in [7, 11) is 0. The molecule has 5 heteroatoms. The van der Waals surface area contributed by atoms with Crippen LogP contribution in [0.3, 0.4) is 0 Å². The highest BCUT2D eigenvalue weighted by atomic mass is 35.5. The zero-order valence-electron chi connectivity index (χ0n) is 18.5. The molecular weight excluding hydrogens is 396 g/mol. The second kappa shape index (κ2) is 11.8. The molecule has 0 saturated heterocycles. The van der Waals surface area contributed by atoms with E-state index < -0.39 is 6.04 Å². The molecule has 162 valence electrons. The first-order valence-electron chi connectivity index (χ1n) is 10.8. The van der Waals surface area contributed by atoms with Gasteiger partial charge in [0.1, 0.15) is 6.04 Å². The molecule has 1 atom stereocenters. The van der Waals surface area contributed by atoms with Gasteiger partial charge in [-0.3, -0.25) is 9.59 Å². The van der Waals surface area contributed by atoms with Crippen LogP contribution in [0, 0.1) is 0 Å². The number of carbonyl (C=O) groups excluding carboxylic acids is 2. The Bertz CT molecular complexity index is 833. The molecule has 2 amide bonds. The standard InChI is InChI=1S/C25H33ClN2O2/c1-5-23(25(30)27-6-2)28(17-21-9-7-8-10-22(21)26)24(29)16-13-19-11-14-20(15-12-19)18(3)4/h7-12,14-15,18,23H,5-6,13,16-17H2,1-4H3,(H,27,30)/t23-/m0/s1. The third-order valence-electron chi connectivity index (χ3n) is 5.31. The zero-order valence-corrected chi connectivity index (χ0v) is 19.2. The van der Waals surface area contributed by atoms with Crippen LogP contribution in [0.15, 0.2) is 48.5 Å². The number of nitrogens with zero attached hydrogens (tertiary/aromatic N) is 1. The lowest BCUT2D eigenvalue weighted by atomic mass is 10.00. The van der Waals surface area contributed by atoms with Crippen LogP contribution < -0.4 is 5.32 Å². The molecule has 0 aliphatic carbocycles. The van der Waals surface area contributed by atoms with Crippen LogP contribution in [0.1, 0.15) is 63.1 Å². The van der Waals surface area contributed by atoms with Crippen molar-refractivity contribution in [2.24, 2.45) is 0 Å². The summed E-state index contributed by atoms with van der Waals surface area (Å²) in [6, 6.07) is 15.4. The Morgan fingerprint density at radius 3 is 2.27 bits per heavy atom. The van der Waals surface area contributed by atoms with Crippen molar-refractivity contribution < 1.29 is 9.59 Å². The minimum absolute atomic E-state index is 0.0408. The van der Waals surface area contributed by atoms with Crippen molar-refractivity contribution in [2.45, 2.75) is 65.5 Å². The molecule has 0 fully saturated rings. The van der Waals surface area contributed by atoms with Gasteiger partial charge in [0.05, 0.1) is 0 Å². The van der Waals surface area contributed by atoms with E-state index in [2.05, 4.69) is 43.4 Å². The van der Waals surface area contributed by atoms with E-state index in [1.165, 1.54) is 5.56 Å². The van der Waals surface area contributed by atoms with E-state index in [0.29, 0.717) is 43.3 Å². The summed E-state index contributed by atoms with van der Waals surface area (Å²) in [5.41, 5.74) is 3.25. The van der Waals surface area contributed by atoms with E-state index >= 15 is 0 Å². The number of aryl methyl sites for hydroxylation is 1. The van der Waals surface area contributed by atoms with Crippen molar-refractivity contribution in [3.8, 4) is 0 Å². The summed E-state index contributed by atoms with van der Waals surface area (Å²) < 4.78 is 0. The highest BCUT2D eigenvalue weighted by Gasteiger charge is 2.28. The van der Waals surface area contributed by atoms with Gasteiger partial charge in [0.2, 0.25) is 11.8 Å². The fraction of sp³-hybridized carbons (Fsp3) is 0.440. The molecule has 0 aliphatic heterocycles. The molecule has 0 radical (unpaired) electrons. The van der Waals surface area contributed by atoms with Crippen molar-refractivity contribution in [3.63, 3.8) is 0 Å². The Hall–Kier alpha value is -2.33. The number of halogens is 1. The fourth-order valence-electron chi connectivity index (χ4n) is 3.49. The highest BCUT2D eigenvalue weighted by molar-refractivity contribution is 6.31. The summed E-state index contributed by atoms with van der Waals surface area (Å²) >= 11 is 6.34. The summed E-state index contributed by atoms with van der Waals surface area (Å²) in [6.07, 6.45) is 1.54. The minimum Gasteiger partial charge on any atom is -0.355 e. The molecule has 0 unspecified atom stereocenters. The van der Waals surface area contributed by atoms with Gasteiger partial charge in [-0.25, -0.2) is 0 Å². The number of benzene rings is 2. The predicted octanol–water partition coefficient (Wildman–Crippen LogP) is 5.34. The van der Waals surface area contributed by atoms with Gasteiger partial charge in [0.25, 0.3) is 0 Å². The average Bonchev–Trinajstić information content (AvgIpc) is 2.73. The number of hydrogen-bond acceptors (Lipinski definition) is 2. The number of hydrogen-bond donors (Lipinski definition) is 1. The van der Waals surface area contributed by atoms with E-state index in [9.17, 15) is 9.59 Å². The minimum atomic E-state index is -0.517. The maximum atomic E-state index is 13.2. The number of rotatable bonds is 10.